The van der Waals surface area contributed by atoms with E-state index in [0.29, 0.717) is 0 Å². The first-order valence-corrected chi connectivity index (χ1v) is 8.28. The molecule has 24 heavy (non-hydrogen) atoms. The Morgan fingerprint density at radius 2 is 1.71 bits per heavy atom. The van der Waals surface area contributed by atoms with Crippen molar-refractivity contribution >= 4 is 10.9 Å². The van der Waals surface area contributed by atoms with Gasteiger partial charge >= 0.3 is 0 Å². The van der Waals surface area contributed by atoms with Gasteiger partial charge in [-0.15, -0.1) is 0 Å². The van der Waals surface area contributed by atoms with Gasteiger partial charge in [0.05, 0.1) is 13.2 Å². The Balaban J connectivity index is 1.67. The molecule has 0 spiro atoms. The lowest BCUT2D eigenvalue weighted by Crippen LogP contribution is -2.21. The van der Waals surface area contributed by atoms with E-state index >= 15 is 0 Å². The molecule has 0 saturated heterocycles. The molecule has 0 radical (unpaired) electrons. The molecule has 0 bridgehead atoms. The number of H-pyrrole nitrogens is 1. The molecular weight excluding hydrogens is 300 g/mol. The Kier molecular flexibility index (Phi) is 5.30. The maximum Gasteiger partial charge on any atom is 0.0688 e. The molecule has 3 rings (SSSR count). The highest BCUT2D eigenvalue weighted by Crippen LogP contribution is 2.20. The van der Waals surface area contributed by atoms with Crippen molar-refractivity contribution in [3.8, 4) is 0 Å². The minimum atomic E-state index is -0.0393. The number of likely N-dealkylation sites (N-methyl/N-ethyl adjacent to an activating group) is 1. The number of para-hydroxylation sites is 1. The predicted molar refractivity (Wildman–Crippen MR) is 96.6 cm³/mol. The van der Waals surface area contributed by atoms with Gasteiger partial charge in [0.15, 0.2) is 0 Å². The Bertz CT molecular complexity index is 810. The van der Waals surface area contributed by atoms with E-state index in [0.717, 1.165) is 36.2 Å². The summed E-state index contributed by atoms with van der Waals surface area (Å²) in [7, 11) is 2.08. The van der Waals surface area contributed by atoms with Gasteiger partial charge in [-0.05, 0) is 41.8 Å². The van der Waals surface area contributed by atoms with Crippen LogP contribution >= 0.6 is 0 Å². The van der Waals surface area contributed by atoms with Crippen LogP contribution in [0.4, 0.5) is 0 Å². The van der Waals surface area contributed by atoms with E-state index in [2.05, 4.69) is 41.3 Å². The Morgan fingerprint density at radius 3 is 2.50 bits per heavy atom. The van der Waals surface area contributed by atoms with Crippen molar-refractivity contribution in [1.29, 1.82) is 0 Å². The van der Waals surface area contributed by atoms with Crippen LogP contribution in [0.25, 0.3) is 10.9 Å². The van der Waals surface area contributed by atoms with Crippen molar-refractivity contribution in [3.63, 3.8) is 0 Å². The second-order valence-corrected chi connectivity index (χ2v) is 6.22. The van der Waals surface area contributed by atoms with Crippen LogP contribution in [0, 0.1) is 0 Å². The van der Waals surface area contributed by atoms with Gasteiger partial charge < -0.3 is 20.1 Å². The zero-order chi connectivity index (χ0) is 16.9. The first-order chi connectivity index (χ1) is 11.7. The van der Waals surface area contributed by atoms with E-state index in [4.69, 9.17) is 0 Å². The number of hydrogen-bond donors (Lipinski definition) is 3. The molecule has 0 amide bonds. The van der Waals surface area contributed by atoms with E-state index in [1.807, 2.05) is 24.3 Å². The van der Waals surface area contributed by atoms with Crippen LogP contribution in [0.3, 0.4) is 0 Å². The summed E-state index contributed by atoms with van der Waals surface area (Å²) in [5, 5.41) is 20.3. The molecule has 3 N–H and O–H groups in total. The topological polar surface area (TPSA) is 59.5 Å². The molecule has 2 aromatic carbocycles. The van der Waals surface area contributed by atoms with E-state index in [1.54, 1.807) is 0 Å². The largest absolute Gasteiger partial charge is 0.392 e. The molecule has 1 heterocycles. The number of aromatic nitrogens is 1. The van der Waals surface area contributed by atoms with Crippen LogP contribution in [0.1, 0.15) is 22.3 Å². The highest BCUT2D eigenvalue weighted by Gasteiger charge is 2.10. The number of aliphatic hydroxyl groups excluding tert-OH is 2. The summed E-state index contributed by atoms with van der Waals surface area (Å²) in [6.07, 6.45) is 3.05. The van der Waals surface area contributed by atoms with Crippen LogP contribution in [0.5, 0.6) is 0 Å². The summed E-state index contributed by atoms with van der Waals surface area (Å²) in [6.45, 7) is 1.60. The van der Waals surface area contributed by atoms with Gasteiger partial charge in [-0.1, -0.05) is 36.4 Å². The number of benzene rings is 2. The van der Waals surface area contributed by atoms with E-state index < -0.39 is 0 Å². The van der Waals surface area contributed by atoms with Crippen LogP contribution in [0.2, 0.25) is 0 Å². The van der Waals surface area contributed by atoms with Crippen molar-refractivity contribution in [2.24, 2.45) is 0 Å². The number of nitrogens with zero attached hydrogens (tertiary/aromatic N) is 1. The lowest BCUT2D eigenvalue weighted by atomic mass is 10.0. The number of rotatable bonds is 7. The summed E-state index contributed by atoms with van der Waals surface area (Å²) in [6, 6.07) is 14.2. The third-order valence-corrected chi connectivity index (χ3v) is 4.58. The van der Waals surface area contributed by atoms with Crippen LogP contribution in [-0.4, -0.2) is 33.7 Å². The van der Waals surface area contributed by atoms with Crippen molar-refractivity contribution in [2.75, 3.05) is 13.6 Å². The standard InChI is InChI=1S/C20H24N2O2/c1-22(12-16-5-4-6-17(13-23)19(16)14-24)10-9-15-11-21-20-8-3-2-7-18(15)20/h2-8,11,21,23-24H,9-10,12-14H2,1H3. The Morgan fingerprint density at radius 1 is 0.917 bits per heavy atom. The van der Waals surface area contributed by atoms with Gasteiger partial charge in [-0.3, -0.25) is 0 Å². The highest BCUT2D eigenvalue weighted by atomic mass is 16.3. The number of nitrogens with one attached hydrogen (secondary N) is 1. The average molecular weight is 324 g/mol. The van der Waals surface area contributed by atoms with Gasteiger partial charge in [-0.2, -0.15) is 0 Å². The maximum absolute atomic E-state index is 9.61. The van der Waals surface area contributed by atoms with E-state index in [-0.39, 0.29) is 13.2 Å². The number of aliphatic hydroxyl groups is 2. The SMILES string of the molecule is CN(CCc1c[nH]c2ccccc12)Cc1cccc(CO)c1CO. The van der Waals surface area contributed by atoms with E-state index in [9.17, 15) is 10.2 Å². The van der Waals surface area contributed by atoms with Gasteiger partial charge in [0, 0.05) is 30.2 Å². The van der Waals surface area contributed by atoms with Gasteiger partial charge in [0.2, 0.25) is 0 Å². The molecule has 0 unspecified atom stereocenters. The zero-order valence-corrected chi connectivity index (χ0v) is 14.0. The fraction of sp³-hybridized carbons (Fsp3) is 0.300. The first-order valence-electron chi connectivity index (χ1n) is 8.28. The molecule has 0 aliphatic rings. The molecule has 4 heteroatoms. The van der Waals surface area contributed by atoms with Gasteiger partial charge in [-0.25, -0.2) is 0 Å². The summed E-state index contributed by atoms with van der Waals surface area (Å²) in [5.41, 5.74) is 5.22. The lowest BCUT2D eigenvalue weighted by molar-refractivity contribution is 0.255. The summed E-state index contributed by atoms with van der Waals surface area (Å²) in [5.74, 6) is 0. The summed E-state index contributed by atoms with van der Waals surface area (Å²) in [4.78, 5) is 5.56. The van der Waals surface area contributed by atoms with Gasteiger partial charge in [0.25, 0.3) is 0 Å². The summed E-state index contributed by atoms with van der Waals surface area (Å²) >= 11 is 0. The molecular formula is C20H24N2O2. The summed E-state index contributed by atoms with van der Waals surface area (Å²) < 4.78 is 0. The minimum Gasteiger partial charge on any atom is -0.392 e. The maximum atomic E-state index is 9.61. The van der Waals surface area contributed by atoms with Crippen molar-refractivity contribution < 1.29 is 10.2 Å². The Labute approximate surface area is 142 Å². The molecule has 126 valence electrons. The Hall–Kier alpha value is -2.14. The zero-order valence-electron chi connectivity index (χ0n) is 14.0. The molecule has 0 aliphatic heterocycles. The third-order valence-electron chi connectivity index (χ3n) is 4.58. The first kappa shape index (κ1) is 16.7. The molecule has 1 aromatic heterocycles. The monoisotopic (exact) mass is 324 g/mol. The number of hydrogen-bond acceptors (Lipinski definition) is 3. The molecule has 4 nitrogen and oxygen atoms in total. The molecule has 0 aliphatic carbocycles. The molecule has 0 atom stereocenters. The smallest absolute Gasteiger partial charge is 0.0688 e. The molecule has 0 fully saturated rings. The van der Waals surface area contributed by atoms with E-state index in [1.165, 1.54) is 16.5 Å². The van der Waals surface area contributed by atoms with Crippen LogP contribution in [-0.2, 0) is 26.2 Å². The fourth-order valence-electron chi connectivity index (χ4n) is 3.21. The second-order valence-electron chi connectivity index (χ2n) is 6.22. The quantitative estimate of drug-likeness (QED) is 0.626. The predicted octanol–water partition coefficient (Wildman–Crippen LogP) is 2.83. The van der Waals surface area contributed by atoms with Crippen LogP contribution in [0.15, 0.2) is 48.7 Å². The van der Waals surface area contributed by atoms with Crippen LogP contribution < -0.4 is 0 Å². The number of fused-ring (bicyclic) bond motifs is 1. The average Bonchev–Trinajstić information content (AvgIpc) is 3.03. The third kappa shape index (κ3) is 3.51. The number of aromatic amines is 1. The highest BCUT2D eigenvalue weighted by molar-refractivity contribution is 5.83. The lowest BCUT2D eigenvalue weighted by Gasteiger charge is -2.19. The molecule has 0 saturated carbocycles. The van der Waals surface area contributed by atoms with Gasteiger partial charge in [0.1, 0.15) is 0 Å². The van der Waals surface area contributed by atoms with Crippen molar-refractivity contribution in [1.82, 2.24) is 9.88 Å². The normalized spacial score (nSPS) is 11.5. The fourth-order valence-corrected chi connectivity index (χ4v) is 3.21. The van der Waals surface area contributed by atoms with Crippen molar-refractivity contribution in [2.45, 2.75) is 26.2 Å². The minimum absolute atomic E-state index is 0.0389. The second kappa shape index (κ2) is 7.62. The molecule has 3 aromatic rings. The van der Waals surface area contributed by atoms with Crippen molar-refractivity contribution in [3.05, 3.63) is 70.9 Å².